The zero-order chi connectivity index (χ0) is 18.4. The number of rotatable bonds is 2. The molecule has 3 rings (SSSR count). The molecule has 0 atom stereocenters. The zero-order valence-corrected chi connectivity index (χ0v) is 14.9. The molecule has 0 saturated heterocycles. The Kier molecular flexibility index (Phi) is 5.11. The van der Waals surface area contributed by atoms with Gasteiger partial charge in [-0.05, 0) is 23.9 Å². The highest BCUT2D eigenvalue weighted by molar-refractivity contribution is 7.83. The van der Waals surface area contributed by atoms with E-state index in [0.717, 1.165) is 0 Å². The average Bonchev–Trinajstić information content (AvgIpc) is 2.73. The van der Waals surface area contributed by atoms with Gasteiger partial charge in [0.25, 0.3) is 0 Å². The van der Waals surface area contributed by atoms with Gasteiger partial charge in [0.05, 0.1) is 0 Å². The molecule has 26 heavy (non-hydrogen) atoms. The van der Waals surface area contributed by atoms with Crippen LogP contribution in [0, 0.1) is 36.3 Å². The Bertz CT molecular complexity index is 1040. The molecule has 0 aliphatic heterocycles. The smallest absolute Gasteiger partial charge is 0.211 e. The summed E-state index contributed by atoms with van der Waals surface area (Å²) in [6.45, 7) is 0. The Balaban J connectivity index is 2.16. The van der Waals surface area contributed by atoms with Crippen molar-refractivity contribution >= 4 is 17.8 Å². The fraction of sp³-hybridized carbons (Fsp3) is 0. The van der Waals surface area contributed by atoms with E-state index in [1.165, 1.54) is 0 Å². The quantitative estimate of drug-likeness (QED) is 0.505. The predicted octanol–water partition coefficient (Wildman–Crippen LogP) is 3.97. The van der Waals surface area contributed by atoms with Crippen molar-refractivity contribution in [3.05, 3.63) is 95.6 Å². The van der Waals surface area contributed by atoms with Gasteiger partial charge in [-0.3, -0.25) is 4.57 Å². The number of terminal acetylenes is 2. The predicted molar refractivity (Wildman–Crippen MR) is 109 cm³/mol. The molecule has 2 heteroatoms. The summed E-state index contributed by atoms with van der Waals surface area (Å²) in [5.41, 5.74) is 4.97. The van der Waals surface area contributed by atoms with Crippen molar-refractivity contribution in [3.8, 4) is 36.3 Å². The third-order valence-corrected chi connectivity index (χ3v) is 6.34. The monoisotopic (exact) mass is 350 g/mol. The lowest BCUT2D eigenvalue weighted by molar-refractivity contribution is 0.593. The molecule has 0 saturated carbocycles. The molecule has 3 aromatic rings. The summed E-state index contributed by atoms with van der Waals surface area (Å²) in [4.78, 5) is 0. The van der Waals surface area contributed by atoms with Crippen molar-refractivity contribution in [2.24, 2.45) is 0 Å². The zero-order valence-electron chi connectivity index (χ0n) is 14.0. The minimum absolute atomic E-state index is 0.652. The van der Waals surface area contributed by atoms with Gasteiger partial charge in [-0.1, -0.05) is 78.4 Å². The Morgan fingerprint density at radius 3 is 1.50 bits per heavy atom. The minimum Gasteiger partial charge on any atom is -0.300 e. The molecule has 0 N–H and O–H groups in total. The lowest BCUT2D eigenvalue weighted by Crippen LogP contribution is -2.14. The van der Waals surface area contributed by atoms with Crippen LogP contribution < -0.4 is 10.6 Å². The maximum absolute atomic E-state index is 13.8. The maximum atomic E-state index is 13.8. The van der Waals surface area contributed by atoms with Gasteiger partial charge >= 0.3 is 0 Å². The third-order valence-electron chi connectivity index (χ3n) is 3.86. The first kappa shape index (κ1) is 17.4. The molecule has 3 aromatic carbocycles. The summed E-state index contributed by atoms with van der Waals surface area (Å²) in [5, 5.41) is 1.40. The van der Waals surface area contributed by atoms with E-state index >= 15 is 0 Å². The van der Waals surface area contributed by atoms with Crippen LogP contribution >= 0.6 is 7.14 Å². The summed E-state index contributed by atoms with van der Waals surface area (Å²) in [6.07, 6.45) is 11.0. The molecule has 0 aliphatic carbocycles. The maximum Gasteiger partial charge on any atom is 0.211 e. The van der Waals surface area contributed by atoms with Gasteiger partial charge in [0.2, 0.25) is 7.14 Å². The number of benzene rings is 3. The second-order valence-corrected chi connectivity index (χ2v) is 8.08. The molecule has 0 bridgehead atoms. The van der Waals surface area contributed by atoms with Crippen LogP contribution in [0.1, 0.15) is 16.7 Å². The Hall–Kier alpha value is -3.43. The normalized spacial score (nSPS) is 10.1. The van der Waals surface area contributed by atoms with Crippen LogP contribution in [0.5, 0.6) is 0 Å². The molecular formula is C24H15OP. The van der Waals surface area contributed by atoms with E-state index in [2.05, 4.69) is 23.4 Å². The fourth-order valence-electron chi connectivity index (χ4n) is 2.56. The first-order valence-corrected chi connectivity index (χ1v) is 9.69. The summed E-state index contributed by atoms with van der Waals surface area (Å²) in [5.74, 6) is 8.17. The van der Waals surface area contributed by atoms with Crippen LogP contribution in [0.2, 0.25) is 0 Å². The van der Waals surface area contributed by atoms with Gasteiger partial charge in [-0.15, -0.1) is 12.8 Å². The van der Waals surface area contributed by atoms with Gasteiger partial charge in [0.1, 0.15) is 0 Å². The second kappa shape index (κ2) is 7.64. The van der Waals surface area contributed by atoms with E-state index in [-0.39, 0.29) is 0 Å². The van der Waals surface area contributed by atoms with Crippen molar-refractivity contribution in [3.63, 3.8) is 0 Å². The topological polar surface area (TPSA) is 17.1 Å². The molecule has 0 heterocycles. The molecule has 122 valence electrons. The average molecular weight is 350 g/mol. The van der Waals surface area contributed by atoms with E-state index in [0.29, 0.717) is 27.3 Å². The van der Waals surface area contributed by atoms with Crippen molar-refractivity contribution in [1.82, 2.24) is 0 Å². The Morgan fingerprint density at radius 1 is 0.654 bits per heavy atom. The standard InChI is InChI=1S/C24H15OP/c1-3-20-17-21(4-2)19-22(18-20)15-16-26(25,23-11-7-5-8-12-23)24-13-9-6-10-14-24/h1-2,5-14,17-19H. The highest BCUT2D eigenvalue weighted by Gasteiger charge is 2.24. The third kappa shape index (κ3) is 3.63. The van der Waals surface area contributed by atoms with Crippen molar-refractivity contribution in [1.29, 1.82) is 0 Å². The van der Waals surface area contributed by atoms with Gasteiger partial charge in [0.15, 0.2) is 0 Å². The van der Waals surface area contributed by atoms with Gasteiger partial charge < -0.3 is 0 Å². The molecule has 0 fully saturated rings. The largest absolute Gasteiger partial charge is 0.300 e. The number of hydrogen-bond donors (Lipinski definition) is 0. The van der Waals surface area contributed by atoms with Crippen LogP contribution in [-0.4, -0.2) is 0 Å². The first-order valence-electron chi connectivity index (χ1n) is 7.98. The minimum atomic E-state index is -3.10. The number of hydrogen-bond acceptors (Lipinski definition) is 1. The highest BCUT2D eigenvalue weighted by Crippen LogP contribution is 2.41. The molecule has 0 unspecified atom stereocenters. The van der Waals surface area contributed by atoms with Crippen LogP contribution in [-0.2, 0) is 4.57 Å². The van der Waals surface area contributed by atoms with E-state index in [1.54, 1.807) is 18.2 Å². The second-order valence-electron chi connectivity index (χ2n) is 5.60. The van der Waals surface area contributed by atoms with Gasteiger partial charge in [-0.25, -0.2) is 0 Å². The van der Waals surface area contributed by atoms with Crippen LogP contribution in [0.3, 0.4) is 0 Å². The van der Waals surface area contributed by atoms with Gasteiger partial charge in [0, 0.05) is 27.3 Å². The summed E-state index contributed by atoms with van der Waals surface area (Å²) in [7, 11) is -3.10. The Labute approximate surface area is 154 Å². The molecule has 0 aliphatic rings. The van der Waals surface area contributed by atoms with Crippen LogP contribution in [0.4, 0.5) is 0 Å². The summed E-state index contributed by atoms with van der Waals surface area (Å²) in [6, 6.07) is 23.9. The van der Waals surface area contributed by atoms with Crippen molar-refractivity contribution in [2.45, 2.75) is 0 Å². The van der Waals surface area contributed by atoms with E-state index in [4.69, 9.17) is 12.8 Å². The molecular weight excluding hydrogens is 335 g/mol. The van der Waals surface area contributed by atoms with E-state index in [9.17, 15) is 4.57 Å². The van der Waals surface area contributed by atoms with Crippen LogP contribution in [0.25, 0.3) is 0 Å². The molecule has 0 radical (unpaired) electrons. The van der Waals surface area contributed by atoms with Crippen molar-refractivity contribution in [2.75, 3.05) is 0 Å². The first-order chi connectivity index (χ1) is 12.7. The fourth-order valence-corrected chi connectivity index (χ4v) is 4.59. The lowest BCUT2D eigenvalue weighted by Gasteiger charge is -2.12. The lowest BCUT2D eigenvalue weighted by atomic mass is 10.1. The van der Waals surface area contributed by atoms with Crippen molar-refractivity contribution < 1.29 is 4.57 Å². The van der Waals surface area contributed by atoms with Gasteiger partial charge in [-0.2, -0.15) is 0 Å². The molecule has 0 aromatic heterocycles. The summed E-state index contributed by atoms with van der Waals surface area (Å²) >= 11 is 0. The SMILES string of the molecule is C#Cc1cc(C#C)cc(C#CP(=O)(c2ccccc2)c2ccccc2)c1. The highest BCUT2D eigenvalue weighted by atomic mass is 31.2. The summed E-state index contributed by atoms with van der Waals surface area (Å²) < 4.78 is 13.8. The Morgan fingerprint density at radius 2 is 1.08 bits per heavy atom. The van der Waals surface area contributed by atoms with E-state index < -0.39 is 7.14 Å². The van der Waals surface area contributed by atoms with Crippen LogP contribution in [0.15, 0.2) is 78.9 Å². The molecule has 0 spiro atoms. The van der Waals surface area contributed by atoms with E-state index in [1.807, 2.05) is 60.7 Å². The molecule has 0 amide bonds. The molecule has 1 nitrogen and oxygen atoms in total.